The standard InChI is InChI=1S/C77H140O6/c1-4-7-10-13-16-19-22-25-28-31-34-35-36-37-38-39-40-41-42-44-46-49-52-55-58-61-64-67-70-76(79)82-73-74(72-81-75(78)69-66-63-60-57-54-51-48-45-33-30-27-24-21-18-15-12-9-6-3)83-77(80)71-68-65-62-59-56-53-50-47-43-32-29-26-23-20-17-14-11-8-5-2/h17,20-21,24,26,29-30,33,43,47,74H,4-16,18-19,22-23,25,27-28,31-32,34-42,44-46,48-73H2,1-3H3/b20-17-,24-21-,29-26-,33-30-,47-43-. The zero-order chi connectivity index (χ0) is 59.9. The van der Waals surface area contributed by atoms with Crippen LogP contribution >= 0.6 is 0 Å². The maximum absolute atomic E-state index is 13.0. The molecule has 1 unspecified atom stereocenters. The van der Waals surface area contributed by atoms with Crippen molar-refractivity contribution in [3.8, 4) is 0 Å². The van der Waals surface area contributed by atoms with Crippen molar-refractivity contribution in [3.05, 3.63) is 60.8 Å². The van der Waals surface area contributed by atoms with Crippen LogP contribution in [0.15, 0.2) is 60.8 Å². The first-order chi connectivity index (χ1) is 41.0. The molecule has 0 rings (SSSR count). The molecule has 484 valence electrons. The number of rotatable bonds is 68. The summed E-state index contributed by atoms with van der Waals surface area (Å²) in [6, 6.07) is 0. The van der Waals surface area contributed by atoms with Gasteiger partial charge in [-0.05, 0) is 89.9 Å². The lowest BCUT2D eigenvalue weighted by Gasteiger charge is -2.18. The van der Waals surface area contributed by atoms with Gasteiger partial charge in [-0.15, -0.1) is 0 Å². The number of allylic oxidation sites excluding steroid dienone is 10. The lowest BCUT2D eigenvalue weighted by molar-refractivity contribution is -0.167. The molecule has 0 aliphatic heterocycles. The van der Waals surface area contributed by atoms with E-state index < -0.39 is 6.10 Å². The van der Waals surface area contributed by atoms with Gasteiger partial charge in [-0.25, -0.2) is 0 Å². The molecule has 0 aliphatic carbocycles. The summed E-state index contributed by atoms with van der Waals surface area (Å²) in [5, 5.41) is 0. The van der Waals surface area contributed by atoms with E-state index in [4.69, 9.17) is 14.2 Å². The van der Waals surface area contributed by atoms with E-state index in [9.17, 15) is 14.4 Å². The third kappa shape index (κ3) is 69.8. The van der Waals surface area contributed by atoms with Crippen molar-refractivity contribution in [3.63, 3.8) is 0 Å². The summed E-state index contributed by atoms with van der Waals surface area (Å²) in [5.74, 6) is -0.874. The van der Waals surface area contributed by atoms with E-state index in [1.54, 1.807) is 0 Å². The first-order valence-corrected chi connectivity index (χ1v) is 36.8. The van der Waals surface area contributed by atoms with E-state index in [0.29, 0.717) is 19.3 Å². The van der Waals surface area contributed by atoms with Gasteiger partial charge in [-0.1, -0.05) is 345 Å². The number of hydrogen-bond acceptors (Lipinski definition) is 6. The molecular formula is C77H140O6. The summed E-state index contributed by atoms with van der Waals surface area (Å²) in [4.78, 5) is 38.5. The number of esters is 3. The third-order valence-electron chi connectivity index (χ3n) is 16.5. The van der Waals surface area contributed by atoms with Gasteiger partial charge >= 0.3 is 17.9 Å². The lowest BCUT2D eigenvalue weighted by atomic mass is 10.0. The van der Waals surface area contributed by atoms with Crippen molar-refractivity contribution in [1.29, 1.82) is 0 Å². The van der Waals surface area contributed by atoms with E-state index in [0.717, 1.165) is 96.3 Å². The molecule has 6 nitrogen and oxygen atoms in total. The van der Waals surface area contributed by atoms with E-state index in [2.05, 4.69) is 81.5 Å². The number of carbonyl (C=O) groups is 3. The molecule has 1 atom stereocenters. The molecule has 0 aromatic carbocycles. The Bertz CT molecular complexity index is 1470. The molecule has 0 bridgehead atoms. The Balaban J connectivity index is 4.29. The van der Waals surface area contributed by atoms with Gasteiger partial charge in [0, 0.05) is 19.3 Å². The summed E-state index contributed by atoms with van der Waals surface area (Å²) in [6.45, 7) is 6.65. The average Bonchev–Trinajstić information content (AvgIpc) is 3.50. The molecule has 0 aromatic rings. The minimum Gasteiger partial charge on any atom is -0.462 e. The molecule has 0 aliphatic rings. The van der Waals surface area contributed by atoms with Crippen molar-refractivity contribution in [2.45, 2.75) is 399 Å². The van der Waals surface area contributed by atoms with Crippen LogP contribution in [0, 0.1) is 0 Å². The molecule has 0 N–H and O–H groups in total. The van der Waals surface area contributed by atoms with Crippen LogP contribution in [0.2, 0.25) is 0 Å². The van der Waals surface area contributed by atoms with Gasteiger partial charge in [0.1, 0.15) is 13.2 Å². The largest absolute Gasteiger partial charge is 0.462 e. The molecule has 0 saturated carbocycles. The number of unbranched alkanes of at least 4 members (excludes halogenated alkanes) is 47. The molecule has 0 spiro atoms. The highest BCUT2D eigenvalue weighted by atomic mass is 16.6. The zero-order valence-electron chi connectivity index (χ0n) is 55.7. The molecule has 0 fully saturated rings. The highest BCUT2D eigenvalue weighted by molar-refractivity contribution is 5.71. The van der Waals surface area contributed by atoms with Crippen LogP contribution in [0.1, 0.15) is 393 Å². The van der Waals surface area contributed by atoms with Crippen molar-refractivity contribution in [1.82, 2.24) is 0 Å². The normalized spacial score (nSPS) is 12.4. The molecule has 0 aromatic heterocycles. The summed E-state index contributed by atoms with van der Waals surface area (Å²) in [7, 11) is 0. The van der Waals surface area contributed by atoms with Crippen LogP contribution in [-0.2, 0) is 28.6 Å². The minimum absolute atomic E-state index is 0.0787. The Kier molecular flexibility index (Phi) is 69.1. The van der Waals surface area contributed by atoms with Gasteiger partial charge < -0.3 is 14.2 Å². The van der Waals surface area contributed by atoms with Gasteiger partial charge in [0.05, 0.1) is 0 Å². The summed E-state index contributed by atoms with van der Waals surface area (Å²) in [6.07, 6.45) is 92.6. The quantitative estimate of drug-likeness (QED) is 0.0261. The Morgan fingerprint density at radius 3 is 0.711 bits per heavy atom. The van der Waals surface area contributed by atoms with E-state index in [1.807, 2.05) is 0 Å². The van der Waals surface area contributed by atoms with Gasteiger partial charge in [0.25, 0.3) is 0 Å². The Morgan fingerprint density at radius 2 is 0.434 bits per heavy atom. The maximum Gasteiger partial charge on any atom is 0.306 e. The predicted molar refractivity (Wildman–Crippen MR) is 362 cm³/mol. The Hall–Kier alpha value is -2.89. The average molecular weight is 1160 g/mol. The van der Waals surface area contributed by atoms with Gasteiger partial charge in [-0.3, -0.25) is 14.4 Å². The zero-order valence-corrected chi connectivity index (χ0v) is 55.7. The molecule has 0 heterocycles. The topological polar surface area (TPSA) is 78.9 Å². The lowest BCUT2D eigenvalue weighted by Crippen LogP contribution is -2.30. The monoisotopic (exact) mass is 1160 g/mol. The van der Waals surface area contributed by atoms with Gasteiger partial charge in [-0.2, -0.15) is 0 Å². The summed E-state index contributed by atoms with van der Waals surface area (Å²) >= 11 is 0. The Labute approximate surface area is 517 Å². The fourth-order valence-electron chi connectivity index (χ4n) is 11.0. The highest BCUT2D eigenvalue weighted by Gasteiger charge is 2.19. The van der Waals surface area contributed by atoms with Crippen LogP contribution in [0.3, 0.4) is 0 Å². The third-order valence-corrected chi connectivity index (χ3v) is 16.5. The molecule has 6 heteroatoms. The predicted octanol–water partition coefficient (Wildman–Crippen LogP) is 25.5. The van der Waals surface area contributed by atoms with E-state index in [-0.39, 0.29) is 31.1 Å². The van der Waals surface area contributed by atoms with Crippen molar-refractivity contribution >= 4 is 17.9 Å². The van der Waals surface area contributed by atoms with Crippen molar-refractivity contribution < 1.29 is 28.6 Å². The highest BCUT2D eigenvalue weighted by Crippen LogP contribution is 2.18. The second-order valence-corrected chi connectivity index (χ2v) is 24.9. The molecular weight excluding hydrogens is 1020 g/mol. The maximum atomic E-state index is 13.0. The first kappa shape index (κ1) is 80.1. The van der Waals surface area contributed by atoms with E-state index >= 15 is 0 Å². The fraction of sp³-hybridized carbons (Fsp3) is 0.831. The number of hydrogen-bond donors (Lipinski definition) is 0. The van der Waals surface area contributed by atoms with Crippen LogP contribution in [0.25, 0.3) is 0 Å². The molecule has 83 heavy (non-hydrogen) atoms. The van der Waals surface area contributed by atoms with E-state index in [1.165, 1.54) is 257 Å². The smallest absolute Gasteiger partial charge is 0.306 e. The molecule has 0 saturated heterocycles. The van der Waals surface area contributed by atoms with Crippen molar-refractivity contribution in [2.24, 2.45) is 0 Å². The second-order valence-electron chi connectivity index (χ2n) is 24.9. The van der Waals surface area contributed by atoms with Gasteiger partial charge in [0.2, 0.25) is 0 Å². The van der Waals surface area contributed by atoms with Crippen LogP contribution < -0.4 is 0 Å². The molecule has 0 amide bonds. The first-order valence-electron chi connectivity index (χ1n) is 36.8. The minimum atomic E-state index is -0.786. The van der Waals surface area contributed by atoms with Crippen LogP contribution in [0.5, 0.6) is 0 Å². The SMILES string of the molecule is CCCCC/C=C\C/C=C\C/C=C\CCCCCCCCC(=O)OC(COC(=O)CCCCCCCCC/C=C\C/C=C\CCCCCC)COC(=O)CCCCCCCCCCCCCCCCCCCCCCCCCCCCCC. The fourth-order valence-corrected chi connectivity index (χ4v) is 11.0. The summed E-state index contributed by atoms with van der Waals surface area (Å²) in [5.41, 5.74) is 0. The summed E-state index contributed by atoms with van der Waals surface area (Å²) < 4.78 is 17.0. The van der Waals surface area contributed by atoms with Crippen LogP contribution in [-0.4, -0.2) is 37.2 Å². The second kappa shape index (κ2) is 71.6. The Morgan fingerprint density at radius 1 is 0.241 bits per heavy atom. The number of carbonyl (C=O) groups excluding carboxylic acids is 3. The van der Waals surface area contributed by atoms with Crippen molar-refractivity contribution in [2.75, 3.05) is 13.2 Å². The van der Waals surface area contributed by atoms with Crippen LogP contribution in [0.4, 0.5) is 0 Å². The number of ether oxygens (including phenoxy) is 3. The van der Waals surface area contributed by atoms with Gasteiger partial charge in [0.15, 0.2) is 6.10 Å². The molecule has 0 radical (unpaired) electrons.